The zero-order valence-corrected chi connectivity index (χ0v) is 11.6. The highest BCUT2D eigenvalue weighted by Gasteiger charge is 2.12. The molecule has 5 heteroatoms. The van der Waals surface area contributed by atoms with Crippen LogP contribution in [0, 0.1) is 0 Å². The van der Waals surface area contributed by atoms with Crippen LogP contribution in [0.15, 0.2) is 35.2 Å². The molecule has 88 valence electrons. The summed E-state index contributed by atoms with van der Waals surface area (Å²) in [5.41, 5.74) is 3.96. The van der Waals surface area contributed by atoms with Crippen molar-refractivity contribution in [3.05, 3.63) is 46.4 Å². The van der Waals surface area contributed by atoms with Crippen molar-refractivity contribution in [2.24, 2.45) is 0 Å². The molecular formula is C12H11BrN2OS. The van der Waals surface area contributed by atoms with Crippen LogP contribution in [0.5, 0.6) is 0 Å². The molecule has 1 aromatic carbocycles. The van der Waals surface area contributed by atoms with E-state index in [1.54, 1.807) is 10.9 Å². The van der Waals surface area contributed by atoms with Gasteiger partial charge in [0.2, 0.25) is 0 Å². The minimum atomic E-state index is -0.174. The number of para-hydroxylation sites is 1. The number of rotatable bonds is 3. The van der Waals surface area contributed by atoms with Crippen molar-refractivity contribution >= 4 is 38.9 Å². The Morgan fingerprint density at radius 2 is 2.24 bits per heavy atom. The van der Waals surface area contributed by atoms with Crippen molar-refractivity contribution < 1.29 is 4.79 Å². The summed E-state index contributed by atoms with van der Waals surface area (Å²) >= 11 is 4.91. The van der Waals surface area contributed by atoms with E-state index in [0.29, 0.717) is 5.69 Å². The van der Waals surface area contributed by atoms with Gasteiger partial charge in [-0.1, -0.05) is 34.1 Å². The molecule has 0 spiro atoms. The second kappa shape index (κ2) is 5.42. The first-order valence-corrected chi connectivity index (χ1v) is 6.97. The number of amides is 1. The Morgan fingerprint density at radius 1 is 1.47 bits per heavy atom. The fraction of sp³-hybridized carbons (Fsp3) is 0.167. The van der Waals surface area contributed by atoms with Gasteiger partial charge in [-0.3, -0.25) is 4.79 Å². The summed E-state index contributed by atoms with van der Waals surface area (Å²) in [5, 5.41) is 4.60. The molecule has 2 rings (SSSR count). The average molecular weight is 311 g/mol. The predicted molar refractivity (Wildman–Crippen MR) is 73.9 cm³/mol. The number of benzene rings is 1. The lowest BCUT2D eigenvalue weighted by atomic mass is 10.1. The minimum Gasteiger partial charge on any atom is -0.320 e. The highest BCUT2D eigenvalue weighted by molar-refractivity contribution is 9.09. The topological polar surface area (TPSA) is 42.0 Å². The van der Waals surface area contributed by atoms with Gasteiger partial charge in [-0.2, -0.15) is 0 Å². The summed E-state index contributed by atoms with van der Waals surface area (Å²) in [4.78, 5) is 16.0. The normalized spacial score (nSPS) is 12.1. The van der Waals surface area contributed by atoms with E-state index in [9.17, 15) is 4.79 Å². The van der Waals surface area contributed by atoms with Gasteiger partial charge >= 0.3 is 0 Å². The van der Waals surface area contributed by atoms with Crippen molar-refractivity contribution in [1.29, 1.82) is 0 Å². The van der Waals surface area contributed by atoms with Gasteiger partial charge in [-0.05, 0) is 18.6 Å². The van der Waals surface area contributed by atoms with E-state index in [0.717, 1.165) is 11.3 Å². The van der Waals surface area contributed by atoms with Gasteiger partial charge in [0.15, 0.2) is 0 Å². The summed E-state index contributed by atoms with van der Waals surface area (Å²) in [6.07, 6.45) is 0. The Bertz CT molecular complexity index is 511. The molecule has 1 atom stereocenters. The van der Waals surface area contributed by atoms with E-state index < -0.39 is 0 Å². The van der Waals surface area contributed by atoms with E-state index >= 15 is 0 Å². The molecule has 0 saturated carbocycles. The minimum absolute atomic E-state index is 0.174. The lowest BCUT2D eigenvalue weighted by Crippen LogP contribution is -2.13. The number of hydrogen-bond donors (Lipinski definition) is 1. The molecule has 1 amide bonds. The van der Waals surface area contributed by atoms with Crippen LogP contribution in [-0.2, 0) is 0 Å². The molecule has 1 aromatic heterocycles. The molecular weight excluding hydrogens is 300 g/mol. The van der Waals surface area contributed by atoms with Crippen molar-refractivity contribution in [3.63, 3.8) is 0 Å². The maximum absolute atomic E-state index is 11.9. The first-order chi connectivity index (χ1) is 8.18. The van der Waals surface area contributed by atoms with E-state index in [1.165, 1.54) is 11.3 Å². The van der Waals surface area contributed by atoms with Crippen molar-refractivity contribution in [2.75, 3.05) is 5.32 Å². The molecule has 0 aliphatic carbocycles. The Kier molecular flexibility index (Phi) is 3.91. The molecule has 0 fully saturated rings. The van der Waals surface area contributed by atoms with Crippen LogP contribution < -0.4 is 5.32 Å². The summed E-state index contributed by atoms with van der Waals surface area (Å²) in [5.74, 6) is -0.174. The van der Waals surface area contributed by atoms with E-state index in [-0.39, 0.29) is 10.7 Å². The van der Waals surface area contributed by atoms with Crippen LogP contribution in [-0.4, -0.2) is 10.9 Å². The number of carbonyl (C=O) groups is 1. The second-order valence-electron chi connectivity index (χ2n) is 3.53. The summed E-state index contributed by atoms with van der Waals surface area (Å²) in [7, 11) is 0. The Hall–Kier alpha value is -1.20. The highest BCUT2D eigenvalue weighted by atomic mass is 79.9. The smallest absolute Gasteiger partial charge is 0.275 e. The van der Waals surface area contributed by atoms with Crippen LogP contribution in [0.25, 0.3) is 0 Å². The molecule has 0 bridgehead atoms. The molecule has 17 heavy (non-hydrogen) atoms. The molecule has 3 nitrogen and oxygen atoms in total. The number of nitrogens with zero attached hydrogens (tertiary/aromatic N) is 1. The molecule has 0 saturated heterocycles. The molecule has 1 unspecified atom stereocenters. The number of anilines is 1. The van der Waals surface area contributed by atoms with Gasteiger partial charge < -0.3 is 5.32 Å². The van der Waals surface area contributed by atoms with E-state index in [1.807, 2.05) is 31.2 Å². The molecule has 2 aromatic rings. The number of thiazole rings is 1. The average Bonchev–Trinajstić information content (AvgIpc) is 2.83. The summed E-state index contributed by atoms with van der Waals surface area (Å²) in [6.45, 7) is 2.02. The van der Waals surface area contributed by atoms with Crippen LogP contribution in [0.3, 0.4) is 0 Å². The van der Waals surface area contributed by atoms with E-state index in [4.69, 9.17) is 0 Å². The largest absolute Gasteiger partial charge is 0.320 e. The Balaban J connectivity index is 2.22. The maximum atomic E-state index is 11.9. The lowest BCUT2D eigenvalue weighted by Gasteiger charge is -2.11. The number of nitrogens with one attached hydrogen (secondary N) is 1. The van der Waals surface area contributed by atoms with Gasteiger partial charge in [0.25, 0.3) is 5.91 Å². The molecule has 1 heterocycles. The number of halogens is 1. The van der Waals surface area contributed by atoms with Crippen molar-refractivity contribution in [1.82, 2.24) is 4.98 Å². The summed E-state index contributed by atoms with van der Waals surface area (Å²) in [6, 6.07) is 7.72. The quantitative estimate of drug-likeness (QED) is 0.875. The van der Waals surface area contributed by atoms with Crippen LogP contribution >= 0.6 is 27.3 Å². The van der Waals surface area contributed by atoms with Gasteiger partial charge in [0.05, 0.1) is 5.51 Å². The molecule has 0 aliphatic rings. The van der Waals surface area contributed by atoms with Gasteiger partial charge in [-0.15, -0.1) is 11.3 Å². The first-order valence-electron chi connectivity index (χ1n) is 5.11. The standard InChI is InChI=1S/C12H11BrN2OS/c1-8(13)9-4-2-3-5-10(9)15-12(16)11-6-17-7-14-11/h2-8H,1H3,(H,15,16). The van der Waals surface area contributed by atoms with Crippen LogP contribution in [0.1, 0.15) is 27.8 Å². The molecule has 0 radical (unpaired) electrons. The van der Waals surface area contributed by atoms with Gasteiger partial charge in [0.1, 0.15) is 5.69 Å². The Labute approximate surface area is 112 Å². The zero-order valence-electron chi connectivity index (χ0n) is 9.18. The number of carbonyl (C=O) groups excluding carboxylic acids is 1. The molecule has 1 N–H and O–H groups in total. The number of alkyl halides is 1. The fourth-order valence-corrected chi connectivity index (χ4v) is 2.40. The lowest BCUT2D eigenvalue weighted by molar-refractivity contribution is 0.102. The second-order valence-corrected chi connectivity index (χ2v) is 5.62. The van der Waals surface area contributed by atoms with Crippen LogP contribution in [0.4, 0.5) is 5.69 Å². The predicted octanol–water partition coefficient (Wildman–Crippen LogP) is 3.85. The third kappa shape index (κ3) is 2.92. The van der Waals surface area contributed by atoms with E-state index in [2.05, 4.69) is 26.2 Å². The third-order valence-electron chi connectivity index (χ3n) is 2.30. The van der Waals surface area contributed by atoms with Crippen molar-refractivity contribution in [3.8, 4) is 0 Å². The van der Waals surface area contributed by atoms with Gasteiger partial charge in [0, 0.05) is 15.9 Å². The zero-order chi connectivity index (χ0) is 12.3. The number of aromatic nitrogens is 1. The highest BCUT2D eigenvalue weighted by Crippen LogP contribution is 2.28. The molecule has 0 aliphatic heterocycles. The van der Waals surface area contributed by atoms with Crippen LogP contribution in [0.2, 0.25) is 0 Å². The maximum Gasteiger partial charge on any atom is 0.275 e. The fourth-order valence-electron chi connectivity index (χ4n) is 1.47. The first kappa shape index (κ1) is 12.3. The third-order valence-corrected chi connectivity index (χ3v) is 3.38. The number of hydrogen-bond acceptors (Lipinski definition) is 3. The monoisotopic (exact) mass is 310 g/mol. The summed E-state index contributed by atoms with van der Waals surface area (Å²) < 4.78 is 0. The van der Waals surface area contributed by atoms with Gasteiger partial charge in [-0.25, -0.2) is 4.98 Å². The Morgan fingerprint density at radius 3 is 2.88 bits per heavy atom. The SMILES string of the molecule is CC(Br)c1ccccc1NC(=O)c1cscn1. The van der Waals surface area contributed by atoms with Crippen molar-refractivity contribution in [2.45, 2.75) is 11.8 Å².